The molecule has 3 aromatic rings. The van der Waals surface area contributed by atoms with Crippen molar-refractivity contribution in [1.29, 1.82) is 0 Å². The van der Waals surface area contributed by atoms with E-state index in [1.165, 1.54) is 12.1 Å². The minimum atomic E-state index is -3.65. The Bertz CT molecular complexity index is 1030. The van der Waals surface area contributed by atoms with Gasteiger partial charge < -0.3 is 15.0 Å². The van der Waals surface area contributed by atoms with Crippen molar-refractivity contribution >= 4 is 27.0 Å². The van der Waals surface area contributed by atoms with Gasteiger partial charge in [0, 0.05) is 18.7 Å². The number of ether oxygens (including phenoxy) is 1. The Labute approximate surface area is 157 Å². The lowest BCUT2D eigenvalue weighted by molar-refractivity contribution is 0.0954. The van der Waals surface area contributed by atoms with Crippen LogP contribution in [0.4, 0.5) is 0 Å². The molecule has 0 atom stereocenters. The van der Waals surface area contributed by atoms with Crippen molar-refractivity contribution in [2.75, 3.05) is 19.7 Å². The van der Waals surface area contributed by atoms with Crippen molar-refractivity contribution in [3.8, 4) is 5.75 Å². The number of H-pyrrole nitrogens is 1. The minimum Gasteiger partial charge on any atom is -0.494 e. The topological polar surface area (TPSA) is 113 Å². The molecular weight excluding hydrogens is 368 g/mol. The minimum absolute atomic E-state index is 0.0770. The highest BCUT2D eigenvalue weighted by Crippen LogP contribution is 2.15. The van der Waals surface area contributed by atoms with Crippen LogP contribution in [0.25, 0.3) is 11.0 Å². The van der Waals surface area contributed by atoms with Crippen molar-refractivity contribution in [1.82, 2.24) is 20.0 Å². The molecule has 2 aromatic carbocycles. The summed E-state index contributed by atoms with van der Waals surface area (Å²) in [6.07, 6.45) is 1.56. The van der Waals surface area contributed by atoms with Crippen LogP contribution in [0.5, 0.6) is 5.75 Å². The van der Waals surface area contributed by atoms with Crippen LogP contribution in [-0.2, 0) is 10.0 Å². The fourth-order valence-corrected chi connectivity index (χ4v) is 3.54. The fourth-order valence-electron chi connectivity index (χ4n) is 2.51. The van der Waals surface area contributed by atoms with Crippen LogP contribution in [0.2, 0.25) is 0 Å². The summed E-state index contributed by atoms with van der Waals surface area (Å²) in [4.78, 5) is 19.3. The number of fused-ring (bicyclic) bond motifs is 1. The Balaban J connectivity index is 1.51. The zero-order chi connectivity index (χ0) is 19.3. The van der Waals surface area contributed by atoms with E-state index >= 15 is 0 Å². The number of aromatic amines is 1. The predicted octanol–water partition coefficient (Wildman–Crippen LogP) is 1.67. The van der Waals surface area contributed by atoms with E-state index < -0.39 is 10.0 Å². The van der Waals surface area contributed by atoms with Gasteiger partial charge in [-0.2, -0.15) is 0 Å². The highest BCUT2D eigenvalue weighted by molar-refractivity contribution is 7.89. The summed E-state index contributed by atoms with van der Waals surface area (Å²) in [5.41, 5.74) is 2.01. The van der Waals surface area contributed by atoms with Crippen LogP contribution in [0.1, 0.15) is 17.3 Å². The van der Waals surface area contributed by atoms with Gasteiger partial charge in [-0.15, -0.1) is 0 Å². The average Bonchev–Trinajstić information content (AvgIpc) is 3.13. The highest BCUT2D eigenvalue weighted by atomic mass is 32.2. The number of aromatic nitrogens is 2. The Morgan fingerprint density at radius 2 is 1.93 bits per heavy atom. The molecule has 0 aliphatic carbocycles. The van der Waals surface area contributed by atoms with E-state index in [2.05, 4.69) is 20.0 Å². The molecule has 0 spiro atoms. The lowest BCUT2D eigenvalue weighted by atomic mass is 10.2. The number of hydrogen-bond donors (Lipinski definition) is 3. The molecule has 27 heavy (non-hydrogen) atoms. The van der Waals surface area contributed by atoms with Gasteiger partial charge in [-0.3, -0.25) is 4.79 Å². The number of rotatable bonds is 8. The first-order valence-corrected chi connectivity index (χ1v) is 9.92. The van der Waals surface area contributed by atoms with Crippen LogP contribution < -0.4 is 14.8 Å². The van der Waals surface area contributed by atoms with Crippen LogP contribution in [0.3, 0.4) is 0 Å². The van der Waals surface area contributed by atoms with E-state index in [-0.39, 0.29) is 23.9 Å². The van der Waals surface area contributed by atoms with Crippen LogP contribution >= 0.6 is 0 Å². The molecule has 0 saturated carbocycles. The van der Waals surface area contributed by atoms with Crippen LogP contribution in [-0.4, -0.2) is 44.0 Å². The molecule has 3 rings (SSSR count). The molecule has 0 fully saturated rings. The molecule has 3 N–H and O–H groups in total. The molecular formula is C18H20N4O4S. The van der Waals surface area contributed by atoms with E-state index in [0.29, 0.717) is 17.9 Å². The summed E-state index contributed by atoms with van der Waals surface area (Å²) >= 11 is 0. The second kappa shape index (κ2) is 8.19. The number of benzene rings is 2. The largest absolute Gasteiger partial charge is 0.494 e. The maximum Gasteiger partial charge on any atom is 0.251 e. The SMILES string of the molecule is CCOc1ccc(S(=O)(=O)NCCNC(=O)c2ccc3nc[nH]c3c2)cc1. The standard InChI is InChI=1S/C18H20N4O4S/c1-2-26-14-4-6-15(7-5-14)27(24,25)22-10-9-19-18(23)13-3-8-16-17(11-13)21-12-20-16/h3-8,11-12,22H,2,9-10H2,1H3,(H,19,23)(H,20,21). The van der Waals surface area contributed by atoms with E-state index in [1.807, 2.05) is 6.92 Å². The molecule has 142 valence electrons. The molecule has 1 heterocycles. The zero-order valence-electron chi connectivity index (χ0n) is 14.7. The Kier molecular flexibility index (Phi) is 5.72. The second-order valence-electron chi connectivity index (χ2n) is 5.69. The molecule has 0 aliphatic rings. The number of imidazole rings is 1. The van der Waals surface area contributed by atoms with Crippen molar-refractivity contribution in [3.63, 3.8) is 0 Å². The van der Waals surface area contributed by atoms with Gasteiger partial charge in [0.25, 0.3) is 5.91 Å². The van der Waals surface area contributed by atoms with Gasteiger partial charge in [-0.25, -0.2) is 18.1 Å². The average molecular weight is 388 g/mol. The maximum atomic E-state index is 12.3. The van der Waals surface area contributed by atoms with Gasteiger partial charge in [0.2, 0.25) is 10.0 Å². The third-order valence-electron chi connectivity index (χ3n) is 3.83. The summed E-state index contributed by atoms with van der Waals surface area (Å²) in [7, 11) is -3.65. The first-order chi connectivity index (χ1) is 13.0. The monoisotopic (exact) mass is 388 g/mol. The first kappa shape index (κ1) is 18.9. The van der Waals surface area contributed by atoms with E-state index in [1.54, 1.807) is 36.7 Å². The molecule has 0 unspecified atom stereocenters. The lowest BCUT2D eigenvalue weighted by Crippen LogP contribution is -2.34. The van der Waals surface area contributed by atoms with Gasteiger partial charge in [0.1, 0.15) is 5.75 Å². The van der Waals surface area contributed by atoms with Gasteiger partial charge in [-0.1, -0.05) is 0 Å². The molecule has 0 bridgehead atoms. The van der Waals surface area contributed by atoms with Gasteiger partial charge >= 0.3 is 0 Å². The molecule has 0 aliphatic heterocycles. The summed E-state index contributed by atoms with van der Waals surface area (Å²) in [5.74, 6) is 0.324. The number of carbonyl (C=O) groups excluding carboxylic acids is 1. The van der Waals surface area contributed by atoms with Gasteiger partial charge in [-0.05, 0) is 49.4 Å². The number of carbonyl (C=O) groups is 1. The number of hydrogen-bond acceptors (Lipinski definition) is 5. The molecule has 8 nitrogen and oxygen atoms in total. The lowest BCUT2D eigenvalue weighted by Gasteiger charge is -2.09. The smallest absolute Gasteiger partial charge is 0.251 e. The number of sulfonamides is 1. The molecule has 1 aromatic heterocycles. The molecule has 1 amide bonds. The van der Waals surface area contributed by atoms with Crippen molar-refractivity contribution in [2.24, 2.45) is 0 Å². The van der Waals surface area contributed by atoms with Crippen molar-refractivity contribution in [2.45, 2.75) is 11.8 Å². The first-order valence-electron chi connectivity index (χ1n) is 8.43. The maximum absolute atomic E-state index is 12.3. The Morgan fingerprint density at radius 1 is 1.15 bits per heavy atom. The third kappa shape index (κ3) is 4.63. The van der Waals surface area contributed by atoms with E-state index in [9.17, 15) is 13.2 Å². The van der Waals surface area contributed by atoms with Crippen molar-refractivity contribution in [3.05, 3.63) is 54.4 Å². The number of nitrogens with zero attached hydrogens (tertiary/aromatic N) is 1. The normalized spacial score (nSPS) is 11.4. The van der Waals surface area contributed by atoms with Crippen molar-refractivity contribution < 1.29 is 17.9 Å². The third-order valence-corrected chi connectivity index (χ3v) is 5.31. The number of amides is 1. The van der Waals surface area contributed by atoms with Crippen LogP contribution in [0, 0.1) is 0 Å². The fraction of sp³-hybridized carbons (Fsp3) is 0.222. The summed E-state index contributed by atoms with van der Waals surface area (Å²) in [6, 6.07) is 11.3. The number of nitrogens with one attached hydrogen (secondary N) is 3. The Morgan fingerprint density at radius 3 is 2.67 bits per heavy atom. The second-order valence-corrected chi connectivity index (χ2v) is 7.46. The predicted molar refractivity (Wildman–Crippen MR) is 101 cm³/mol. The summed E-state index contributed by atoms with van der Waals surface area (Å²) in [6.45, 7) is 2.61. The van der Waals surface area contributed by atoms with Crippen LogP contribution in [0.15, 0.2) is 53.7 Å². The molecule has 0 saturated heterocycles. The molecule has 0 radical (unpaired) electrons. The molecule has 9 heteroatoms. The summed E-state index contributed by atoms with van der Waals surface area (Å²) in [5, 5.41) is 2.69. The van der Waals surface area contributed by atoms with E-state index in [0.717, 1.165) is 11.0 Å². The zero-order valence-corrected chi connectivity index (χ0v) is 15.5. The highest BCUT2D eigenvalue weighted by Gasteiger charge is 2.14. The van der Waals surface area contributed by atoms with Gasteiger partial charge in [0.15, 0.2) is 0 Å². The quantitative estimate of drug-likeness (QED) is 0.508. The Hall–Kier alpha value is -2.91. The van der Waals surface area contributed by atoms with E-state index in [4.69, 9.17) is 4.74 Å². The summed E-state index contributed by atoms with van der Waals surface area (Å²) < 4.78 is 32.3. The van der Waals surface area contributed by atoms with Gasteiger partial charge in [0.05, 0.1) is 28.9 Å².